The first-order valence-electron chi connectivity index (χ1n) is 10.7. The first-order valence-corrected chi connectivity index (χ1v) is 11.1. The summed E-state index contributed by atoms with van der Waals surface area (Å²) in [5.41, 5.74) is 4.28. The third-order valence-corrected chi connectivity index (χ3v) is 5.92. The maximum atomic E-state index is 13.0. The molecule has 1 aromatic heterocycles. The predicted molar refractivity (Wildman–Crippen MR) is 125 cm³/mol. The highest BCUT2D eigenvalue weighted by Gasteiger charge is 2.18. The van der Waals surface area contributed by atoms with Crippen LogP contribution in [0.25, 0.3) is 5.69 Å². The summed E-state index contributed by atoms with van der Waals surface area (Å²) < 4.78 is 1.78. The van der Waals surface area contributed by atoms with Gasteiger partial charge in [0.15, 0.2) is 0 Å². The van der Waals surface area contributed by atoms with Crippen molar-refractivity contribution in [3.8, 4) is 5.69 Å². The minimum atomic E-state index is -0.151. The first kappa shape index (κ1) is 21.6. The van der Waals surface area contributed by atoms with Gasteiger partial charge < -0.3 is 10.2 Å². The number of nitrogens with one attached hydrogen (secondary N) is 1. The molecule has 1 amide bonds. The summed E-state index contributed by atoms with van der Waals surface area (Å²) in [6.45, 7) is 7.22. The van der Waals surface area contributed by atoms with Crippen LogP contribution in [0.4, 0.5) is 5.69 Å². The zero-order chi connectivity index (χ0) is 21.8. The molecule has 1 fully saturated rings. The molecule has 3 aromatic rings. The van der Waals surface area contributed by atoms with Gasteiger partial charge in [-0.25, -0.2) is 4.68 Å². The van der Waals surface area contributed by atoms with Crippen molar-refractivity contribution in [1.29, 1.82) is 0 Å². The standard InChI is InChI=1S/C24H28ClN5O/c1-3-23-22(16-26-30(23)21-9-5-7-19(25)15-21)24(31)27-20-8-4-6-18(14-20)17-29-12-10-28(2)11-13-29/h4-9,14-16H,3,10-13,17H2,1-2H3,(H,27,31). The van der Waals surface area contributed by atoms with E-state index in [1.807, 2.05) is 43.3 Å². The van der Waals surface area contributed by atoms with Crippen molar-refractivity contribution in [1.82, 2.24) is 19.6 Å². The van der Waals surface area contributed by atoms with Gasteiger partial charge in [0.1, 0.15) is 0 Å². The molecule has 0 unspecified atom stereocenters. The Bertz CT molecular complexity index is 1060. The number of nitrogens with zero attached hydrogens (tertiary/aromatic N) is 4. The Kier molecular flexibility index (Phi) is 6.70. The fraction of sp³-hybridized carbons (Fsp3) is 0.333. The van der Waals surface area contributed by atoms with E-state index in [9.17, 15) is 4.79 Å². The molecule has 2 aromatic carbocycles. The van der Waals surface area contributed by atoms with Gasteiger partial charge in [0.05, 0.1) is 23.1 Å². The molecule has 1 saturated heterocycles. The molecule has 1 aliphatic heterocycles. The number of carbonyl (C=O) groups excluding carboxylic acids is 1. The number of hydrogen-bond acceptors (Lipinski definition) is 4. The van der Waals surface area contributed by atoms with E-state index in [-0.39, 0.29) is 5.91 Å². The van der Waals surface area contributed by atoms with Gasteiger partial charge in [-0.15, -0.1) is 0 Å². The number of aromatic nitrogens is 2. The molecular weight excluding hydrogens is 410 g/mol. The quantitative estimate of drug-likeness (QED) is 0.631. The molecule has 7 heteroatoms. The molecule has 0 saturated carbocycles. The highest BCUT2D eigenvalue weighted by Crippen LogP contribution is 2.21. The van der Waals surface area contributed by atoms with E-state index in [0.717, 1.165) is 49.8 Å². The Hall–Kier alpha value is -2.67. The second-order valence-electron chi connectivity index (χ2n) is 7.98. The molecule has 0 aliphatic carbocycles. The summed E-state index contributed by atoms with van der Waals surface area (Å²) in [6.07, 6.45) is 2.31. The lowest BCUT2D eigenvalue weighted by Gasteiger charge is -2.32. The zero-order valence-corrected chi connectivity index (χ0v) is 18.8. The van der Waals surface area contributed by atoms with Crippen LogP contribution < -0.4 is 5.32 Å². The predicted octanol–water partition coefficient (Wildman–Crippen LogP) is 4.09. The van der Waals surface area contributed by atoms with Crippen LogP contribution in [-0.4, -0.2) is 58.7 Å². The van der Waals surface area contributed by atoms with Crippen LogP contribution in [-0.2, 0) is 13.0 Å². The van der Waals surface area contributed by atoms with Crippen molar-refractivity contribution in [2.75, 3.05) is 38.5 Å². The van der Waals surface area contributed by atoms with Crippen molar-refractivity contribution >= 4 is 23.2 Å². The monoisotopic (exact) mass is 437 g/mol. The van der Waals surface area contributed by atoms with E-state index in [1.165, 1.54) is 5.56 Å². The van der Waals surface area contributed by atoms with Gasteiger partial charge in [0.25, 0.3) is 5.91 Å². The number of anilines is 1. The van der Waals surface area contributed by atoms with Gasteiger partial charge in [0.2, 0.25) is 0 Å². The SMILES string of the molecule is CCc1c(C(=O)Nc2cccc(CN3CCN(C)CC3)c2)cnn1-c1cccc(Cl)c1. The lowest BCUT2D eigenvalue weighted by molar-refractivity contribution is 0.102. The first-order chi connectivity index (χ1) is 15.0. The van der Waals surface area contributed by atoms with Gasteiger partial charge in [-0.3, -0.25) is 9.69 Å². The van der Waals surface area contributed by atoms with E-state index >= 15 is 0 Å². The molecule has 162 valence electrons. The van der Waals surface area contributed by atoms with Gasteiger partial charge in [-0.1, -0.05) is 36.7 Å². The molecule has 0 spiro atoms. The van der Waals surface area contributed by atoms with Gasteiger partial charge >= 0.3 is 0 Å². The molecule has 1 aliphatic rings. The topological polar surface area (TPSA) is 53.4 Å². The van der Waals surface area contributed by atoms with E-state index < -0.39 is 0 Å². The molecule has 0 bridgehead atoms. The Morgan fingerprint density at radius 3 is 2.61 bits per heavy atom. The zero-order valence-electron chi connectivity index (χ0n) is 18.0. The molecule has 4 rings (SSSR count). The molecule has 1 N–H and O–H groups in total. The van der Waals surface area contributed by atoms with Crippen molar-refractivity contribution in [2.24, 2.45) is 0 Å². The summed E-state index contributed by atoms with van der Waals surface area (Å²) in [4.78, 5) is 17.8. The average molecular weight is 438 g/mol. The molecule has 31 heavy (non-hydrogen) atoms. The number of halogens is 1. The largest absolute Gasteiger partial charge is 0.322 e. The van der Waals surface area contributed by atoms with Gasteiger partial charge in [0, 0.05) is 43.4 Å². The molecule has 6 nitrogen and oxygen atoms in total. The van der Waals surface area contributed by atoms with E-state index in [1.54, 1.807) is 10.9 Å². The maximum absolute atomic E-state index is 13.0. The number of piperazine rings is 1. The summed E-state index contributed by atoms with van der Waals surface area (Å²) in [5.74, 6) is -0.151. The van der Waals surface area contributed by atoms with Crippen LogP contribution >= 0.6 is 11.6 Å². The van der Waals surface area contributed by atoms with Crippen molar-refractivity contribution in [3.63, 3.8) is 0 Å². The summed E-state index contributed by atoms with van der Waals surface area (Å²) in [6, 6.07) is 15.6. The Labute approximate surface area is 188 Å². The Morgan fingerprint density at radius 1 is 1.10 bits per heavy atom. The van der Waals surface area contributed by atoms with Gasteiger partial charge in [-0.2, -0.15) is 5.10 Å². The molecule has 0 radical (unpaired) electrons. The summed E-state index contributed by atoms with van der Waals surface area (Å²) >= 11 is 6.13. The van der Waals surface area contributed by atoms with Crippen LogP contribution in [0.2, 0.25) is 5.02 Å². The lowest BCUT2D eigenvalue weighted by Crippen LogP contribution is -2.43. The van der Waals surface area contributed by atoms with E-state index in [4.69, 9.17) is 11.6 Å². The molecular formula is C24H28ClN5O. The van der Waals surface area contributed by atoms with Crippen molar-refractivity contribution in [2.45, 2.75) is 19.9 Å². The third kappa shape index (κ3) is 5.15. The number of hydrogen-bond donors (Lipinski definition) is 1. The number of rotatable bonds is 6. The van der Waals surface area contributed by atoms with Gasteiger partial charge in [-0.05, 0) is 49.4 Å². The second-order valence-corrected chi connectivity index (χ2v) is 8.42. The molecule has 2 heterocycles. The maximum Gasteiger partial charge on any atom is 0.259 e. The second kappa shape index (κ2) is 9.64. The van der Waals surface area contributed by atoms with Crippen LogP contribution in [0, 0.1) is 0 Å². The Balaban J connectivity index is 1.48. The molecule has 0 atom stereocenters. The summed E-state index contributed by atoms with van der Waals surface area (Å²) in [5, 5.41) is 8.13. The van der Waals surface area contributed by atoms with Crippen LogP contribution in [0.3, 0.4) is 0 Å². The highest BCUT2D eigenvalue weighted by atomic mass is 35.5. The smallest absolute Gasteiger partial charge is 0.259 e. The van der Waals surface area contributed by atoms with Crippen molar-refractivity contribution in [3.05, 3.63) is 76.6 Å². The number of likely N-dealkylation sites (N-methyl/N-ethyl adjacent to an activating group) is 1. The normalized spacial score (nSPS) is 15.2. The highest BCUT2D eigenvalue weighted by molar-refractivity contribution is 6.30. The number of benzene rings is 2. The number of carbonyl (C=O) groups is 1. The third-order valence-electron chi connectivity index (χ3n) is 5.69. The van der Waals surface area contributed by atoms with Crippen LogP contribution in [0.15, 0.2) is 54.7 Å². The Morgan fingerprint density at radius 2 is 1.87 bits per heavy atom. The van der Waals surface area contributed by atoms with E-state index in [2.05, 4.69) is 39.4 Å². The fourth-order valence-electron chi connectivity index (χ4n) is 3.94. The average Bonchev–Trinajstić information content (AvgIpc) is 3.20. The lowest BCUT2D eigenvalue weighted by atomic mass is 10.1. The minimum absolute atomic E-state index is 0.151. The fourth-order valence-corrected chi connectivity index (χ4v) is 4.13. The van der Waals surface area contributed by atoms with Crippen LogP contribution in [0.1, 0.15) is 28.5 Å². The summed E-state index contributed by atoms with van der Waals surface area (Å²) in [7, 11) is 2.16. The van der Waals surface area contributed by atoms with E-state index in [0.29, 0.717) is 17.0 Å². The van der Waals surface area contributed by atoms with Crippen molar-refractivity contribution < 1.29 is 4.79 Å². The minimum Gasteiger partial charge on any atom is -0.322 e. The number of amides is 1. The van der Waals surface area contributed by atoms with Crippen LogP contribution in [0.5, 0.6) is 0 Å².